The summed E-state index contributed by atoms with van der Waals surface area (Å²) in [6, 6.07) is 1.85. The summed E-state index contributed by atoms with van der Waals surface area (Å²) in [7, 11) is 0. The van der Waals surface area contributed by atoms with Crippen molar-refractivity contribution >= 4 is 17.3 Å². The molecule has 0 aromatic carbocycles. The molecule has 0 amide bonds. The van der Waals surface area contributed by atoms with Crippen LogP contribution in [0.25, 0.3) is 0 Å². The summed E-state index contributed by atoms with van der Waals surface area (Å²) < 4.78 is 0. The molecular formula is C10H16ClN3. The minimum absolute atomic E-state index is 0.106. The van der Waals surface area contributed by atoms with Crippen LogP contribution in [0.4, 0.5) is 5.69 Å². The summed E-state index contributed by atoms with van der Waals surface area (Å²) in [5.41, 5.74) is 6.47. The Hall–Kier alpha value is -0.800. The minimum atomic E-state index is -0.106. The van der Waals surface area contributed by atoms with E-state index in [1.807, 2.05) is 6.07 Å². The zero-order valence-electron chi connectivity index (χ0n) is 8.55. The summed E-state index contributed by atoms with van der Waals surface area (Å²) in [4.78, 5) is 3.92. The van der Waals surface area contributed by atoms with Crippen molar-refractivity contribution in [2.24, 2.45) is 5.73 Å². The Balaban J connectivity index is 2.82. The molecule has 3 N–H and O–H groups in total. The van der Waals surface area contributed by atoms with Crippen molar-refractivity contribution in [3.63, 3.8) is 0 Å². The molecule has 1 rings (SSSR count). The average Bonchev–Trinajstić information content (AvgIpc) is 2.21. The fourth-order valence-electron chi connectivity index (χ4n) is 1.09. The van der Waals surface area contributed by atoms with E-state index in [4.69, 9.17) is 17.3 Å². The molecule has 3 nitrogen and oxygen atoms in total. The van der Waals surface area contributed by atoms with Gasteiger partial charge in [-0.25, -0.2) is 0 Å². The first kappa shape index (κ1) is 11.3. The quantitative estimate of drug-likeness (QED) is 0.807. The number of hydrogen-bond donors (Lipinski definition) is 2. The zero-order chi connectivity index (χ0) is 10.6. The summed E-state index contributed by atoms with van der Waals surface area (Å²) in [5.74, 6) is 0. The lowest BCUT2D eigenvalue weighted by Crippen LogP contribution is -2.41. The predicted octanol–water partition coefficient (Wildman–Crippen LogP) is 2.27. The molecule has 0 saturated carbocycles. The predicted molar refractivity (Wildman–Crippen MR) is 60.6 cm³/mol. The van der Waals surface area contributed by atoms with Crippen LogP contribution in [0, 0.1) is 0 Å². The molecule has 0 aliphatic heterocycles. The normalized spacial score (nSPS) is 14.9. The Kier molecular flexibility index (Phi) is 3.72. The number of nitrogens with one attached hydrogen (secondary N) is 1. The van der Waals surface area contributed by atoms with Crippen LogP contribution in [0.5, 0.6) is 0 Å². The topological polar surface area (TPSA) is 50.9 Å². The van der Waals surface area contributed by atoms with Gasteiger partial charge in [-0.15, -0.1) is 0 Å². The van der Waals surface area contributed by atoms with Crippen LogP contribution >= 0.6 is 11.6 Å². The molecule has 1 heterocycles. The van der Waals surface area contributed by atoms with Gasteiger partial charge in [-0.1, -0.05) is 18.5 Å². The van der Waals surface area contributed by atoms with Gasteiger partial charge < -0.3 is 11.1 Å². The van der Waals surface area contributed by atoms with E-state index in [1.54, 1.807) is 12.4 Å². The average molecular weight is 214 g/mol. The van der Waals surface area contributed by atoms with E-state index in [-0.39, 0.29) is 5.54 Å². The van der Waals surface area contributed by atoms with Crippen LogP contribution < -0.4 is 11.1 Å². The van der Waals surface area contributed by atoms with E-state index in [0.717, 1.165) is 12.1 Å². The monoisotopic (exact) mass is 213 g/mol. The van der Waals surface area contributed by atoms with Gasteiger partial charge >= 0.3 is 0 Å². The highest BCUT2D eigenvalue weighted by molar-refractivity contribution is 6.33. The molecule has 0 aliphatic carbocycles. The van der Waals surface area contributed by atoms with Gasteiger partial charge in [-0.05, 0) is 19.4 Å². The molecular weight excluding hydrogens is 198 g/mol. The Morgan fingerprint density at radius 1 is 1.64 bits per heavy atom. The molecule has 14 heavy (non-hydrogen) atoms. The maximum Gasteiger partial charge on any atom is 0.0820 e. The molecule has 1 atom stereocenters. The van der Waals surface area contributed by atoms with Crippen molar-refractivity contribution < 1.29 is 0 Å². The molecule has 1 aromatic rings. The lowest BCUT2D eigenvalue weighted by molar-refractivity contribution is 0.506. The van der Waals surface area contributed by atoms with Gasteiger partial charge in [-0.3, -0.25) is 4.98 Å². The van der Waals surface area contributed by atoms with Gasteiger partial charge in [0.2, 0.25) is 0 Å². The Labute approximate surface area is 89.7 Å². The summed E-state index contributed by atoms with van der Waals surface area (Å²) in [6.07, 6.45) is 4.28. The third-order valence-electron chi connectivity index (χ3n) is 2.44. The van der Waals surface area contributed by atoms with Gasteiger partial charge in [0, 0.05) is 24.5 Å². The van der Waals surface area contributed by atoms with Crippen LogP contribution in [-0.4, -0.2) is 17.1 Å². The molecule has 1 unspecified atom stereocenters. The molecule has 0 saturated heterocycles. The van der Waals surface area contributed by atoms with Crippen LogP contribution in [0.2, 0.25) is 5.02 Å². The number of aromatic nitrogens is 1. The number of nitrogens with two attached hydrogens (primary N) is 1. The van der Waals surface area contributed by atoms with Crippen LogP contribution in [0.3, 0.4) is 0 Å². The van der Waals surface area contributed by atoms with E-state index in [9.17, 15) is 0 Å². The fraction of sp³-hybridized carbons (Fsp3) is 0.500. The molecule has 0 bridgehead atoms. The van der Waals surface area contributed by atoms with Gasteiger partial charge in [0.05, 0.1) is 10.7 Å². The first-order chi connectivity index (χ1) is 6.61. The molecule has 0 aliphatic rings. The number of pyridine rings is 1. The van der Waals surface area contributed by atoms with Crippen molar-refractivity contribution in [3.8, 4) is 0 Å². The molecule has 0 fully saturated rings. The lowest BCUT2D eigenvalue weighted by atomic mass is 9.99. The summed E-state index contributed by atoms with van der Waals surface area (Å²) in [5, 5.41) is 3.95. The largest absolute Gasteiger partial charge is 0.377 e. The maximum atomic E-state index is 5.98. The van der Waals surface area contributed by atoms with Gasteiger partial charge in [0.25, 0.3) is 0 Å². The van der Waals surface area contributed by atoms with E-state index in [1.165, 1.54) is 0 Å². The molecule has 4 heteroatoms. The Morgan fingerprint density at radius 2 is 2.36 bits per heavy atom. The van der Waals surface area contributed by atoms with Crippen molar-refractivity contribution in [1.29, 1.82) is 0 Å². The Morgan fingerprint density at radius 3 is 2.86 bits per heavy atom. The Bertz CT molecular complexity index is 297. The van der Waals surface area contributed by atoms with Crippen LogP contribution in [0.1, 0.15) is 20.3 Å². The number of nitrogens with zero attached hydrogens (tertiary/aromatic N) is 1. The van der Waals surface area contributed by atoms with Gasteiger partial charge in [0.15, 0.2) is 0 Å². The van der Waals surface area contributed by atoms with Gasteiger partial charge in [-0.2, -0.15) is 0 Å². The standard InChI is InChI=1S/C10H16ClN3/c1-3-10(2,7-12)14-9-4-5-13-6-8(9)11/h4-6H,3,7,12H2,1-2H3,(H,13,14). The highest BCUT2D eigenvalue weighted by Crippen LogP contribution is 2.24. The van der Waals surface area contributed by atoms with Crippen molar-refractivity contribution in [1.82, 2.24) is 4.98 Å². The van der Waals surface area contributed by atoms with Crippen molar-refractivity contribution in [2.45, 2.75) is 25.8 Å². The molecule has 0 spiro atoms. The van der Waals surface area contributed by atoms with E-state index in [0.29, 0.717) is 11.6 Å². The fourth-order valence-corrected chi connectivity index (χ4v) is 1.25. The first-order valence-corrected chi connectivity index (χ1v) is 5.07. The van der Waals surface area contributed by atoms with E-state index < -0.39 is 0 Å². The third-order valence-corrected chi connectivity index (χ3v) is 2.74. The van der Waals surface area contributed by atoms with E-state index >= 15 is 0 Å². The lowest BCUT2D eigenvalue weighted by Gasteiger charge is -2.29. The first-order valence-electron chi connectivity index (χ1n) is 4.69. The SMILES string of the molecule is CCC(C)(CN)Nc1ccncc1Cl. The number of halogens is 1. The summed E-state index contributed by atoms with van der Waals surface area (Å²) >= 11 is 5.98. The van der Waals surface area contributed by atoms with Crippen molar-refractivity contribution in [3.05, 3.63) is 23.5 Å². The third kappa shape index (κ3) is 2.59. The number of rotatable bonds is 4. The second-order valence-corrected chi connectivity index (χ2v) is 4.01. The highest BCUT2D eigenvalue weighted by atomic mass is 35.5. The second kappa shape index (κ2) is 4.62. The molecule has 78 valence electrons. The minimum Gasteiger partial charge on any atom is -0.377 e. The van der Waals surface area contributed by atoms with Gasteiger partial charge in [0.1, 0.15) is 0 Å². The zero-order valence-corrected chi connectivity index (χ0v) is 9.30. The maximum absolute atomic E-state index is 5.98. The smallest absolute Gasteiger partial charge is 0.0820 e. The number of hydrogen-bond acceptors (Lipinski definition) is 3. The van der Waals surface area contributed by atoms with E-state index in [2.05, 4.69) is 24.1 Å². The number of anilines is 1. The second-order valence-electron chi connectivity index (χ2n) is 3.60. The van der Waals surface area contributed by atoms with Crippen LogP contribution in [0.15, 0.2) is 18.5 Å². The van der Waals surface area contributed by atoms with Crippen molar-refractivity contribution in [2.75, 3.05) is 11.9 Å². The highest BCUT2D eigenvalue weighted by Gasteiger charge is 2.20. The molecule has 1 aromatic heterocycles. The molecule has 0 radical (unpaired) electrons. The van der Waals surface area contributed by atoms with Crippen LogP contribution in [-0.2, 0) is 0 Å². The summed E-state index contributed by atoms with van der Waals surface area (Å²) in [6.45, 7) is 4.74.